The Morgan fingerprint density at radius 1 is 1.17 bits per heavy atom. The van der Waals surface area contributed by atoms with Crippen molar-refractivity contribution < 1.29 is 0 Å². The first-order valence-electron chi connectivity index (χ1n) is 1.45. The van der Waals surface area contributed by atoms with Crippen molar-refractivity contribution >= 4 is 7.85 Å². The summed E-state index contributed by atoms with van der Waals surface area (Å²) in [6.07, 6.45) is 0. The van der Waals surface area contributed by atoms with E-state index in [0.29, 0.717) is 0 Å². The van der Waals surface area contributed by atoms with Crippen molar-refractivity contribution in [2.24, 2.45) is 20.7 Å². The highest BCUT2D eigenvalue weighted by atomic mass is 15.5. The van der Waals surface area contributed by atoms with Crippen molar-refractivity contribution in [2.75, 3.05) is 0 Å². The molecule has 1 heterocycles. The largest absolute Gasteiger partial charge is 0.149 e. The Bertz CT molecular complexity index is 83.7. The molecule has 5 heteroatoms. The van der Waals surface area contributed by atoms with Gasteiger partial charge in [0.1, 0.15) is 13.9 Å². The van der Waals surface area contributed by atoms with E-state index in [-0.39, 0.29) is 0 Å². The Kier molecular flexibility index (Phi) is 0.667. The Morgan fingerprint density at radius 2 is 1.67 bits per heavy atom. The number of nitrogens with zero attached hydrogens (tertiary/aromatic N) is 4. The minimum atomic E-state index is -0.537. The zero-order valence-electron chi connectivity index (χ0n) is 2.94. The highest BCUT2D eigenvalue weighted by molar-refractivity contribution is 6.11. The summed E-state index contributed by atoms with van der Waals surface area (Å²) in [5.41, 5.74) is 0. The molecule has 0 atom stereocenters. The van der Waals surface area contributed by atoms with Crippen LogP contribution in [0.25, 0.3) is 0 Å². The molecule has 0 aromatic rings. The molecule has 28 valence electrons. The first-order valence-corrected chi connectivity index (χ1v) is 1.45. The molecule has 0 fully saturated rings. The van der Waals surface area contributed by atoms with Gasteiger partial charge in [-0.3, -0.25) is 0 Å². The molecule has 1 rings (SSSR count). The van der Waals surface area contributed by atoms with Gasteiger partial charge in [0.25, 0.3) is 0 Å². The second-order valence-corrected chi connectivity index (χ2v) is 0.823. The van der Waals surface area contributed by atoms with Crippen LogP contribution in [0.5, 0.6) is 0 Å². The number of hydrogen-bond donors (Lipinski definition) is 0. The molecule has 0 aromatic heterocycles. The van der Waals surface area contributed by atoms with Crippen molar-refractivity contribution in [1.82, 2.24) is 0 Å². The van der Waals surface area contributed by atoms with E-state index in [4.69, 9.17) is 7.85 Å². The molecule has 0 bridgehead atoms. The fourth-order valence-electron chi connectivity index (χ4n) is 0.175. The van der Waals surface area contributed by atoms with Crippen LogP contribution in [0, 0.1) is 0 Å². The highest BCUT2D eigenvalue weighted by Crippen LogP contribution is 1.97. The van der Waals surface area contributed by atoms with Gasteiger partial charge >= 0.3 is 0 Å². The minimum absolute atomic E-state index is 0.537. The molecule has 0 spiro atoms. The van der Waals surface area contributed by atoms with Crippen LogP contribution in [-0.4, -0.2) is 13.9 Å². The van der Waals surface area contributed by atoms with E-state index in [2.05, 4.69) is 20.7 Å². The molecule has 1 aliphatic rings. The molecule has 0 amide bonds. The van der Waals surface area contributed by atoms with E-state index in [1.165, 1.54) is 0 Å². The minimum Gasteiger partial charge on any atom is -0.149 e. The Hall–Kier alpha value is -0.735. The quantitative estimate of drug-likeness (QED) is 0.375. The Morgan fingerprint density at radius 3 is 1.83 bits per heavy atom. The molecule has 1 aliphatic heterocycles. The third kappa shape index (κ3) is 0.427. The van der Waals surface area contributed by atoms with Gasteiger partial charge in [-0.25, -0.2) is 0 Å². The summed E-state index contributed by atoms with van der Waals surface area (Å²) in [5, 5.41) is 12.9. The lowest BCUT2D eigenvalue weighted by atomic mass is 10.1. The van der Waals surface area contributed by atoms with E-state index in [0.717, 1.165) is 0 Å². The smallest absolute Gasteiger partial charge is 0.140 e. The maximum Gasteiger partial charge on any atom is 0.140 e. The third-order valence-electron chi connectivity index (χ3n) is 0.380. The van der Waals surface area contributed by atoms with Gasteiger partial charge in [-0.05, 0) is 10.4 Å². The summed E-state index contributed by atoms with van der Waals surface area (Å²) in [5.74, 6) is 0. The normalized spacial score (nSPS) is 20.0. The second kappa shape index (κ2) is 1.16. The van der Waals surface area contributed by atoms with Gasteiger partial charge in [-0.15, -0.1) is 10.2 Å². The monoisotopic (exact) mass is 80.0 g/mol. The van der Waals surface area contributed by atoms with Crippen molar-refractivity contribution in [3.63, 3.8) is 0 Å². The van der Waals surface area contributed by atoms with E-state index in [1.54, 1.807) is 0 Å². The van der Waals surface area contributed by atoms with Gasteiger partial charge in [-0.2, -0.15) is 0 Å². The van der Waals surface area contributed by atoms with E-state index >= 15 is 0 Å². The van der Waals surface area contributed by atoms with Gasteiger partial charge in [0, 0.05) is 0 Å². The summed E-state index contributed by atoms with van der Waals surface area (Å²) in [7, 11) is 5.01. The topological polar surface area (TPSA) is 49.4 Å². The lowest BCUT2D eigenvalue weighted by Crippen LogP contribution is -1.90. The average molecular weight is 79.9 g/mol. The molecule has 0 saturated carbocycles. The zero-order chi connectivity index (χ0) is 4.41. The van der Waals surface area contributed by atoms with Crippen molar-refractivity contribution in [1.29, 1.82) is 0 Å². The van der Waals surface area contributed by atoms with Gasteiger partial charge in [0.15, 0.2) is 0 Å². The van der Waals surface area contributed by atoms with Crippen molar-refractivity contribution in [3.8, 4) is 0 Å². The van der Waals surface area contributed by atoms with Crippen LogP contribution in [0.1, 0.15) is 0 Å². The van der Waals surface area contributed by atoms with Crippen LogP contribution in [0.3, 0.4) is 0 Å². The van der Waals surface area contributed by atoms with Crippen molar-refractivity contribution in [3.05, 3.63) is 0 Å². The molecular weight excluding hydrogens is 78.9 g/mol. The van der Waals surface area contributed by atoms with E-state index in [9.17, 15) is 0 Å². The predicted molar refractivity (Wildman–Crippen MR) is 19.3 cm³/mol. The molecule has 2 radical (unpaired) electrons. The molecular formula is CHBN4. The Balaban J connectivity index is 2.60. The van der Waals surface area contributed by atoms with E-state index in [1.807, 2.05) is 0 Å². The van der Waals surface area contributed by atoms with Gasteiger partial charge in [-0.1, -0.05) is 0 Å². The Labute approximate surface area is 35.7 Å². The molecule has 0 saturated heterocycles. The second-order valence-electron chi connectivity index (χ2n) is 0.823. The van der Waals surface area contributed by atoms with Crippen LogP contribution in [0.4, 0.5) is 0 Å². The summed E-state index contributed by atoms with van der Waals surface area (Å²) >= 11 is 0. The van der Waals surface area contributed by atoms with Crippen LogP contribution in [0.2, 0.25) is 0 Å². The summed E-state index contributed by atoms with van der Waals surface area (Å²) in [4.78, 5) is 0. The summed E-state index contributed by atoms with van der Waals surface area (Å²) in [6, 6.07) is -0.537. The molecule has 4 nitrogen and oxygen atoms in total. The first kappa shape index (κ1) is 3.45. The number of rotatable bonds is 0. The van der Waals surface area contributed by atoms with Gasteiger partial charge < -0.3 is 0 Å². The first-order chi connectivity index (χ1) is 2.89. The maximum absolute atomic E-state index is 5.01. The molecule has 0 unspecified atom stereocenters. The summed E-state index contributed by atoms with van der Waals surface area (Å²) < 4.78 is 0. The van der Waals surface area contributed by atoms with Gasteiger partial charge in [0.2, 0.25) is 0 Å². The fourth-order valence-corrected chi connectivity index (χ4v) is 0.175. The third-order valence-corrected chi connectivity index (χ3v) is 0.380. The lowest BCUT2D eigenvalue weighted by molar-refractivity contribution is 0.953. The fraction of sp³-hybridized carbons (Fsp3) is 1.00. The molecule has 0 N–H and O–H groups in total. The summed E-state index contributed by atoms with van der Waals surface area (Å²) in [6.45, 7) is 0. The molecule has 0 aromatic carbocycles. The predicted octanol–water partition coefficient (Wildman–Crippen LogP) is 0.271. The van der Waals surface area contributed by atoms with E-state index < -0.39 is 6.07 Å². The SMILES string of the molecule is [B]C1N=NN=N1. The van der Waals surface area contributed by atoms with Crippen LogP contribution in [-0.2, 0) is 0 Å². The zero-order valence-corrected chi connectivity index (χ0v) is 2.94. The highest BCUT2D eigenvalue weighted by Gasteiger charge is 1.95. The van der Waals surface area contributed by atoms with Crippen LogP contribution < -0.4 is 0 Å². The van der Waals surface area contributed by atoms with Crippen LogP contribution in [0.15, 0.2) is 20.7 Å². The van der Waals surface area contributed by atoms with Crippen molar-refractivity contribution in [2.45, 2.75) is 6.07 Å². The molecule has 0 aliphatic carbocycles. The molecule has 6 heavy (non-hydrogen) atoms. The maximum atomic E-state index is 5.01. The standard InChI is InChI=1S/CHBN4/c2-1-3-5-6-4-1/h1H. The van der Waals surface area contributed by atoms with Crippen LogP contribution >= 0.6 is 0 Å². The average Bonchev–Trinajstić information content (AvgIpc) is 1.86. The lowest BCUT2D eigenvalue weighted by Gasteiger charge is -1.77. The number of hydrogen-bond acceptors (Lipinski definition) is 4. The van der Waals surface area contributed by atoms with Gasteiger partial charge in [0.05, 0.1) is 0 Å².